The third-order valence-corrected chi connectivity index (χ3v) is 8.40. The molecule has 0 aliphatic rings. The second kappa shape index (κ2) is 16.5. The average Bonchev–Trinajstić information content (AvgIpc) is 2.99. The van der Waals surface area contributed by atoms with Crippen molar-refractivity contribution in [2.24, 2.45) is 0 Å². The van der Waals surface area contributed by atoms with E-state index in [0.717, 1.165) is 5.56 Å². The maximum atomic E-state index is 14.4. The van der Waals surface area contributed by atoms with E-state index in [0.29, 0.717) is 0 Å². The summed E-state index contributed by atoms with van der Waals surface area (Å²) in [5.41, 5.74) is -0.0604. The molecule has 0 bridgehead atoms. The molecule has 3 aromatic rings. The van der Waals surface area contributed by atoms with Crippen LogP contribution in [-0.4, -0.2) is 52.5 Å². The highest BCUT2D eigenvalue weighted by Gasteiger charge is 2.41. The maximum Gasteiger partial charge on any atom is 0.452 e. The largest absolute Gasteiger partial charge is 0.481 e. The van der Waals surface area contributed by atoms with E-state index in [-0.39, 0.29) is 24.3 Å². The molecule has 13 heteroatoms. The number of carbonyl (C=O) groups excluding carboxylic acids is 3. The highest BCUT2D eigenvalue weighted by atomic mass is 31.2. The van der Waals surface area contributed by atoms with Gasteiger partial charge in [0.15, 0.2) is 5.78 Å². The lowest BCUT2D eigenvalue weighted by atomic mass is 10.0. The molecule has 0 heterocycles. The van der Waals surface area contributed by atoms with Crippen LogP contribution in [0.3, 0.4) is 0 Å². The summed E-state index contributed by atoms with van der Waals surface area (Å²) in [4.78, 5) is 51.0. The van der Waals surface area contributed by atoms with E-state index in [4.69, 9.17) is 13.8 Å². The van der Waals surface area contributed by atoms with Crippen molar-refractivity contribution in [3.63, 3.8) is 0 Å². The van der Waals surface area contributed by atoms with Crippen LogP contribution in [0.2, 0.25) is 0 Å². The van der Waals surface area contributed by atoms with E-state index in [1.54, 1.807) is 106 Å². The van der Waals surface area contributed by atoms with Crippen LogP contribution in [0.4, 0.5) is 4.79 Å². The number of carboxylic acids is 1. The summed E-state index contributed by atoms with van der Waals surface area (Å²) in [6.07, 6.45) is -1.49. The number of carboxylic acid groups (broad SMARTS) is 1. The third-order valence-electron chi connectivity index (χ3n) is 6.32. The van der Waals surface area contributed by atoms with Crippen LogP contribution in [0.5, 0.6) is 11.5 Å². The van der Waals surface area contributed by atoms with Crippen molar-refractivity contribution in [3.05, 3.63) is 96.6 Å². The molecule has 12 nitrogen and oxygen atoms in total. The van der Waals surface area contributed by atoms with Gasteiger partial charge in [0.1, 0.15) is 29.2 Å². The normalized spacial score (nSPS) is 13.3. The molecule has 0 saturated carbocycles. The molecule has 3 amide bonds. The van der Waals surface area contributed by atoms with Crippen LogP contribution < -0.4 is 25.0 Å². The molecule has 0 fully saturated rings. The van der Waals surface area contributed by atoms with Crippen LogP contribution in [0.25, 0.3) is 0 Å². The van der Waals surface area contributed by atoms with Gasteiger partial charge in [-0.15, -0.1) is 0 Å². The Morgan fingerprint density at radius 1 is 0.761 bits per heavy atom. The number of hydrogen-bond acceptors (Lipinski definition) is 8. The summed E-state index contributed by atoms with van der Waals surface area (Å²) in [6.45, 7) is 6.46. The lowest BCUT2D eigenvalue weighted by molar-refractivity contribution is -0.137. The molecule has 3 rings (SSSR count). The Labute approximate surface area is 268 Å². The standard InChI is InChI=1S/C33H40N3O9P/c1-23(34-31(40)27(22-24-14-8-5-9-15-24)35-32(41)43-33(2,3)4)30(39)36-28(20-21-29(37)38)46(42,44-25-16-10-6-11-17-25)45-26-18-12-7-13-19-26/h5-19,23,27-28H,20-22H2,1-4H3,(H,34,40)(H,35,41)(H,36,39)(H,37,38). The van der Waals surface area contributed by atoms with Crippen molar-refractivity contribution in [2.45, 2.75) is 70.4 Å². The fraction of sp³-hybridized carbons (Fsp3) is 0.333. The number of aliphatic carboxylic acids is 1. The van der Waals surface area contributed by atoms with Crippen molar-refractivity contribution in [3.8, 4) is 11.5 Å². The number of benzene rings is 3. The Bertz CT molecular complexity index is 1450. The second-order valence-electron chi connectivity index (χ2n) is 11.4. The number of carbonyl (C=O) groups is 4. The van der Waals surface area contributed by atoms with Gasteiger partial charge in [0.2, 0.25) is 11.8 Å². The Hall–Kier alpha value is -4.83. The molecule has 0 aliphatic heterocycles. The molecule has 0 aliphatic carbocycles. The molecular weight excluding hydrogens is 613 g/mol. The predicted molar refractivity (Wildman–Crippen MR) is 171 cm³/mol. The first-order valence-electron chi connectivity index (χ1n) is 14.7. The molecule has 3 unspecified atom stereocenters. The lowest BCUT2D eigenvalue weighted by Crippen LogP contribution is -2.55. The number of ether oxygens (including phenoxy) is 1. The molecule has 46 heavy (non-hydrogen) atoms. The van der Waals surface area contributed by atoms with Gasteiger partial charge in [-0.1, -0.05) is 66.7 Å². The zero-order valence-corrected chi connectivity index (χ0v) is 27.1. The predicted octanol–water partition coefficient (Wildman–Crippen LogP) is 5.29. The highest BCUT2D eigenvalue weighted by Crippen LogP contribution is 2.53. The van der Waals surface area contributed by atoms with Crippen molar-refractivity contribution in [1.82, 2.24) is 16.0 Å². The van der Waals surface area contributed by atoms with Gasteiger partial charge in [0.25, 0.3) is 0 Å². The van der Waals surface area contributed by atoms with E-state index in [2.05, 4.69) is 16.0 Å². The van der Waals surface area contributed by atoms with Gasteiger partial charge in [-0.3, -0.25) is 14.4 Å². The molecule has 0 spiro atoms. The summed E-state index contributed by atoms with van der Waals surface area (Å²) < 4.78 is 31.4. The Morgan fingerprint density at radius 2 is 1.26 bits per heavy atom. The summed E-state index contributed by atoms with van der Waals surface area (Å²) in [7, 11) is -4.34. The SMILES string of the molecule is CC(NC(=O)C(Cc1ccccc1)NC(=O)OC(C)(C)C)C(=O)NC(CCC(=O)O)P(=O)(Oc1ccccc1)Oc1ccccc1. The second-order valence-corrected chi connectivity index (χ2v) is 13.5. The number of amides is 3. The van der Waals surface area contributed by atoms with Gasteiger partial charge < -0.3 is 34.8 Å². The summed E-state index contributed by atoms with van der Waals surface area (Å²) in [6, 6.07) is 22.9. The zero-order chi connectivity index (χ0) is 33.7. The van der Waals surface area contributed by atoms with Gasteiger partial charge in [0, 0.05) is 12.8 Å². The topological polar surface area (TPSA) is 169 Å². The Morgan fingerprint density at radius 3 is 1.74 bits per heavy atom. The monoisotopic (exact) mass is 653 g/mol. The molecule has 0 saturated heterocycles. The minimum atomic E-state index is -4.34. The smallest absolute Gasteiger partial charge is 0.452 e. The van der Waals surface area contributed by atoms with Gasteiger partial charge in [0.05, 0.1) is 0 Å². The van der Waals surface area contributed by atoms with Crippen LogP contribution in [-0.2, 0) is 30.1 Å². The number of rotatable bonds is 15. The Kier molecular flexibility index (Phi) is 12.8. The quantitative estimate of drug-likeness (QED) is 0.159. The fourth-order valence-corrected chi connectivity index (χ4v) is 6.00. The number of alkyl carbamates (subject to hydrolysis) is 1. The molecule has 0 aromatic heterocycles. The van der Waals surface area contributed by atoms with E-state index >= 15 is 0 Å². The van der Waals surface area contributed by atoms with E-state index in [1.165, 1.54) is 6.92 Å². The van der Waals surface area contributed by atoms with Gasteiger partial charge in [-0.05, 0) is 63.9 Å². The van der Waals surface area contributed by atoms with Gasteiger partial charge >= 0.3 is 19.7 Å². The molecule has 246 valence electrons. The minimum absolute atomic E-state index is 0.104. The van der Waals surface area contributed by atoms with Crippen molar-refractivity contribution < 1.29 is 42.6 Å². The number of nitrogens with one attached hydrogen (secondary N) is 3. The maximum absolute atomic E-state index is 14.4. The molecule has 3 atom stereocenters. The molecule has 3 aromatic carbocycles. The summed E-state index contributed by atoms with van der Waals surface area (Å²) >= 11 is 0. The number of hydrogen-bond donors (Lipinski definition) is 4. The van der Waals surface area contributed by atoms with Crippen LogP contribution >= 0.6 is 7.60 Å². The van der Waals surface area contributed by atoms with Crippen LogP contribution in [0.1, 0.15) is 46.1 Å². The van der Waals surface area contributed by atoms with Crippen LogP contribution in [0, 0.1) is 0 Å². The van der Waals surface area contributed by atoms with Gasteiger partial charge in [-0.25, -0.2) is 9.36 Å². The first kappa shape index (κ1) is 35.6. The average molecular weight is 654 g/mol. The molecular formula is C33H40N3O9P. The molecule has 4 N–H and O–H groups in total. The third kappa shape index (κ3) is 11.9. The van der Waals surface area contributed by atoms with E-state index < -0.39 is 61.4 Å². The zero-order valence-electron chi connectivity index (χ0n) is 26.2. The lowest BCUT2D eigenvalue weighted by Gasteiger charge is -2.29. The first-order chi connectivity index (χ1) is 21.7. The minimum Gasteiger partial charge on any atom is -0.481 e. The summed E-state index contributed by atoms with van der Waals surface area (Å²) in [5.74, 6) is -3.72. The summed E-state index contributed by atoms with van der Waals surface area (Å²) in [5, 5.41) is 17.1. The van der Waals surface area contributed by atoms with E-state index in [1.807, 2.05) is 6.07 Å². The van der Waals surface area contributed by atoms with Crippen molar-refractivity contribution >= 4 is 31.5 Å². The molecule has 0 radical (unpaired) electrons. The Balaban J connectivity index is 1.83. The fourth-order valence-electron chi connectivity index (χ4n) is 4.15. The first-order valence-corrected chi connectivity index (χ1v) is 16.3. The van der Waals surface area contributed by atoms with Crippen LogP contribution in [0.15, 0.2) is 91.0 Å². The number of para-hydroxylation sites is 2. The van der Waals surface area contributed by atoms with Crippen molar-refractivity contribution in [1.29, 1.82) is 0 Å². The van der Waals surface area contributed by atoms with Crippen molar-refractivity contribution in [2.75, 3.05) is 0 Å². The highest BCUT2D eigenvalue weighted by molar-refractivity contribution is 7.55. The van der Waals surface area contributed by atoms with Gasteiger partial charge in [-0.2, -0.15) is 0 Å². The van der Waals surface area contributed by atoms with E-state index in [9.17, 15) is 28.8 Å².